The van der Waals surface area contributed by atoms with E-state index < -0.39 is 0 Å². The van der Waals surface area contributed by atoms with Crippen molar-refractivity contribution < 1.29 is 0 Å². The minimum Gasteiger partial charge on any atom is -0.311 e. The number of nitrogens with one attached hydrogen (secondary N) is 1. The molecule has 18 heavy (non-hydrogen) atoms. The molecule has 1 aliphatic carbocycles. The molecule has 0 bridgehead atoms. The molecule has 0 aliphatic heterocycles. The van der Waals surface area contributed by atoms with E-state index >= 15 is 0 Å². The minimum atomic E-state index is 0.0870. The molecule has 3 heteroatoms. The average Bonchev–Trinajstić information content (AvgIpc) is 2.32. The number of allylic oxidation sites excluding steroid dienone is 1. The van der Waals surface area contributed by atoms with Gasteiger partial charge in [-0.05, 0) is 24.8 Å². The maximum atomic E-state index is 11.8. The van der Waals surface area contributed by atoms with Crippen molar-refractivity contribution in [3.63, 3.8) is 0 Å². The molecule has 2 rings (SSSR count). The Morgan fingerprint density at radius 1 is 1.56 bits per heavy atom. The zero-order valence-corrected chi connectivity index (χ0v) is 11.3. The molecule has 1 aromatic rings. The van der Waals surface area contributed by atoms with Crippen LogP contribution in [-0.2, 0) is 19.4 Å². The quantitative estimate of drug-likeness (QED) is 0.823. The Kier molecular flexibility index (Phi) is 4.02. The Bertz CT molecular complexity index is 488. The fourth-order valence-corrected chi connectivity index (χ4v) is 2.77. The van der Waals surface area contributed by atoms with Gasteiger partial charge in [0, 0.05) is 30.4 Å². The van der Waals surface area contributed by atoms with Gasteiger partial charge in [0.05, 0.1) is 0 Å². The number of pyridine rings is 1. The van der Waals surface area contributed by atoms with Crippen LogP contribution in [0.1, 0.15) is 31.5 Å². The highest BCUT2D eigenvalue weighted by atomic mass is 16.1. The van der Waals surface area contributed by atoms with Gasteiger partial charge in [-0.15, -0.1) is 6.58 Å². The summed E-state index contributed by atoms with van der Waals surface area (Å²) in [7, 11) is 0. The summed E-state index contributed by atoms with van der Waals surface area (Å²) in [6.45, 7) is 8.69. The van der Waals surface area contributed by atoms with Gasteiger partial charge in [-0.1, -0.05) is 26.0 Å². The number of fused-ring (bicyclic) bond motifs is 1. The molecule has 0 fully saturated rings. The van der Waals surface area contributed by atoms with Crippen LogP contribution in [0.3, 0.4) is 0 Å². The first-order valence-electron chi connectivity index (χ1n) is 6.70. The van der Waals surface area contributed by atoms with Gasteiger partial charge in [0.2, 0.25) is 0 Å². The molecular formula is C15H22N2O. The Labute approximate surface area is 109 Å². The monoisotopic (exact) mass is 246 g/mol. The van der Waals surface area contributed by atoms with E-state index in [1.807, 2.05) is 10.6 Å². The molecule has 0 saturated carbocycles. The van der Waals surface area contributed by atoms with Gasteiger partial charge in [-0.25, -0.2) is 0 Å². The van der Waals surface area contributed by atoms with Gasteiger partial charge in [-0.2, -0.15) is 0 Å². The van der Waals surface area contributed by atoms with Crippen molar-refractivity contribution in [3.8, 4) is 0 Å². The summed E-state index contributed by atoms with van der Waals surface area (Å²) in [5.41, 5.74) is 2.59. The van der Waals surface area contributed by atoms with Crippen LogP contribution in [0.4, 0.5) is 0 Å². The maximum Gasteiger partial charge on any atom is 0.251 e. The molecule has 1 atom stereocenters. The molecule has 1 N–H and O–H groups in total. The van der Waals surface area contributed by atoms with Crippen molar-refractivity contribution in [2.45, 2.75) is 51.7 Å². The third kappa shape index (κ3) is 2.72. The molecular weight excluding hydrogens is 224 g/mol. The summed E-state index contributed by atoms with van der Waals surface area (Å²) in [6.07, 6.45) is 4.89. The van der Waals surface area contributed by atoms with Crippen LogP contribution in [0.25, 0.3) is 0 Å². The molecule has 0 radical (unpaired) electrons. The van der Waals surface area contributed by atoms with Gasteiger partial charge in [-0.3, -0.25) is 4.79 Å². The number of aromatic nitrogens is 1. The Morgan fingerprint density at radius 3 is 3.00 bits per heavy atom. The first-order valence-corrected chi connectivity index (χ1v) is 6.70. The molecule has 1 aliphatic rings. The third-order valence-electron chi connectivity index (χ3n) is 3.47. The lowest BCUT2D eigenvalue weighted by atomic mass is 9.91. The molecule has 1 aromatic heterocycles. The lowest BCUT2D eigenvalue weighted by Gasteiger charge is -2.28. The fourth-order valence-electron chi connectivity index (χ4n) is 2.77. The highest BCUT2D eigenvalue weighted by Gasteiger charge is 2.21. The lowest BCUT2D eigenvalue weighted by Crippen LogP contribution is -2.40. The topological polar surface area (TPSA) is 34.0 Å². The molecule has 1 unspecified atom stereocenters. The Hall–Kier alpha value is -1.35. The van der Waals surface area contributed by atoms with E-state index in [2.05, 4.69) is 25.7 Å². The second-order valence-electron chi connectivity index (χ2n) is 5.30. The van der Waals surface area contributed by atoms with Crippen LogP contribution in [0.2, 0.25) is 0 Å². The second-order valence-corrected chi connectivity index (χ2v) is 5.30. The molecule has 0 amide bonds. The smallest absolute Gasteiger partial charge is 0.251 e. The second kappa shape index (κ2) is 5.53. The summed E-state index contributed by atoms with van der Waals surface area (Å²) in [6, 6.07) is 4.72. The fraction of sp³-hybridized carbons (Fsp3) is 0.533. The normalized spacial score (nSPS) is 18.7. The average molecular weight is 246 g/mol. The number of hydrogen-bond donors (Lipinski definition) is 1. The first kappa shape index (κ1) is 13.1. The van der Waals surface area contributed by atoms with Crippen molar-refractivity contribution >= 4 is 0 Å². The van der Waals surface area contributed by atoms with Gasteiger partial charge >= 0.3 is 0 Å². The number of nitrogens with zero attached hydrogens (tertiary/aromatic N) is 1. The largest absolute Gasteiger partial charge is 0.311 e. The Morgan fingerprint density at radius 2 is 2.33 bits per heavy atom. The van der Waals surface area contributed by atoms with Crippen molar-refractivity contribution in [1.82, 2.24) is 9.88 Å². The van der Waals surface area contributed by atoms with Crippen LogP contribution in [-0.4, -0.2) is 16.7 Å². The zero-order chi connectivity index (χ0) is 13.1. The third-order valence-corrected chi connectivity index (χ3v) is 3.47. The van der Waals surface area contributed by atoms with E-state index in [1.165, 1.54) is 11.3 Å². The van der Waals surface area contributed by atoms with Crippen LogP contribution in [0.15, 0.2) is 29.6 Å². The summed E-state index contributed by atoms with van der Waals surface area (Å²) in [5.74, 6) is 0. The van der Waals surface area contributed by atoms with Gasteiger partial charge in [0.25, 0.3) is 5.56 Å². The van der Waals surface area contributed by atoms with Gasteiger partial charge in [0.1, 0.15) is 0 Å². The number of hydrogen-bond acceptors (Lipinski definition) is 2. The summed E-state index contributed by atoms with van der Waals surface area (Å²) in [4.78, 5) is 11.8. The van der Waals surface area contributed by atoms with E-state index in [-0.39, 0.29) is 5.56 Å². The molecule has 0 saturated heterocycles. The predicted molar refractivity (Wildman–Crippen MR) is 75.0 cm³/mol. The van der Waals surface area contributed by atoms with Crippen LogP contribution in [0, 0.1) is 0 Å². The SMILES string of the molecule is C=CCn1c2c(ccc1=O)CC(NC(C)C)CC2. The lowest BCUT2D eigenvalue weighted by molar-refractivity contribution is 0.411. The standard InChI is InChI=1S/C15H22N2O/c1-4-9-17-14-7-6-13(16-11(2)3)10-12(14)5-8-15(17)18/h4-5,8,11,13,16H,1,6-7,9-10H2,2-3H3. The van der Waals surface area contributed by atoms with Crippen molar-refractivity contribution in [3.05, 3.63) is 46.4 Å². The highest BCUT2D eigenvalue weighted by molar-refractivity contribution is 5.26. The summed E-state index contributed by atoms with van der Waals surface area (Å²) >= 11 is 0. The van der Waals surface area contributed by atoms with Crippen LogP contribution >= 0.6 is 0 Å². The van der Waals surface area contributed by atoms with E-state index in [0.29, 0.717) is 18.6 Å². The minimum absolute atomic E-state index is 0.0870. The van der Waals surface area contributed by atoms with Crippen LogP contribution in [0.5, 0.6) is 0 Å². The first-order chi connectivity index (χ1) is 8.61. The maximum absolute atomic E-state index is 11.8. The summed E-state index contributed by atoms with van der Waals surface area (Å²) < 4.78 is 1.86. The molecule has 3 nitrogen and oxygen atoms in total. The van der Waals surface area contributed by atoms with E-state index in [4.69, 9.17) is 0 Å². The Balaban J connectivity index is 2.26. The van der Waals surface area contributed by atoms with E-state index in [1.54, 1.807) is 12.1 Å². The highest BCUT2D eigenvalue weighted by Crippen LogP contribution is 2.20. The zero-order valence-electron chi connectivity index (χ0n) is 11.3. The van der Waals surface area contributed by atoms with Gasteiger partial charge in [0.15, 0.2) is 0 Å². The molecule has 1 heterocycles. The predicted octanol–water partition coefficient (Wildman–Crippen LogP) is 1.89. The van der Waals surface area contributed by atoms with Crippen molar-refractivity contribution in [2.24, 2.45) is 0 Å². The number of rotatable bonds is 4. The van der Waals surface area contributed by atoms with Crippen molar-refractivity contribution in [1.29, 1.82) is 0 Å². The molecule has 0 spiro atoms. The van der Waals surface area contributed by atoms with Crippen molar-refractivity contribution in [2.75, 3.05) is 0 Å². The summed E-state index contributed by atoms with van der Waals surface area (Å²) in [5, 5.41) is 3.58. The molecule has 0 aromatic carbocycles. The van der Waals surface area contributed by atoms with Crippen LogP contribution < -0.4 is 10.9 Å². The van der Waals surface area contributed by atoms with E-state index in [0.717, 1.165) is 19.3 Å². The van der Waals surface area contributed by atoms with Gasteiger partial charge < -0.3 is 9.88 Å². The molecule has 98 valence electrons. The van der Waals surface area contributed by atoms with E-state index in [9.17, 15) is 4.79 Å².